The number of amides is 2. The Balaban J connectivity index is 1.60. The van der Waals surface area contributed by atoms with Crippen LogP contribution < -0.4 is 5.32 Å². The second-order valence-corrected chi connectivity index (χ2v) is 7.08. The summed E-state index contributed by atoms with van der Waals surface area (Å²) in [5.74, 6) is -1.07. The number of hydrogen-bond donors (Lipinski definition) is 1. The van der Waals surface area contributed by atoms with Crippen molar-refractivity contribution in [2.24, 2.45) is 0 Å². The van der Waals surface area contributed by atoms with Crippen LogP contribution in [0.15, 0.2) is 42.5 Å². The Labute approximate surface area is 161 Å². The molecule has 2 atom stereocenters. The second-order valence-electron chi connectivity index (χ2n) is 6.67. The third-order valence-electron chi connectivity index (χ3n) is 4.86. The fourth-order valence-electron chi connectivity index (χ4n) is 3.52. The maximum atomic E-state index is 12.9. The van der Waals surface area contributed by atoms with E-state index in [2.05, 4.69) is 5.32 Å². The van der Waals surface area contributed by atoms with E-state index in [1.807, 2.05) is 13.0 Å². The number of benzene rings is 2. The standard InChI is InChI=1S/C20H17ClN2O4/c1-11-6-7-15(14(21)10-11)22-18(25)16-8-9-17(24)23(16)19-12-4-2-3-5-13(12)20(26)27-19/h2-7,10,16,19H,8-9H2,1H3,(H,22,25)/t16-,19?/m0/s1. The molecule has 2 aliphatic heterocycles. The monoisotopic (exact) mass is 384 g/mol. The maximum Gasteiger partial charge on any atom is 0.340 e. The number of fused-ring (bicyclic) bond motifs is 1. The Bertz CT molecular complexity index is 959. The van der Waals surface area contributed by atoms with Gasteiger partial charge in [0.15, 0.2) is 0 Å². The number of cyclic esters (lactones) is 1. The Morgan fingerprint density at radius 1 is 1.22 bits per heavy atom. The summed E-state index contributed by atoms with van der Waals surface area (Å²) < 4.78 is 5.42. The van der Waals surface area contributed by atoms with Crippen molar-refractivity contribution in [1.29, 1.82) is 0 Å². The molecule has 2 aromatic carbocycles. The van der Waals surface area contributed by atoms with Crippen molar-refractivity contribution in [2.75, 3.05) is 5.32 Å². The third kappa shape index (κ3) is 3.06. The van der Waals surface area contributed by atoms with Gasteiger partial charge in [-0.25, -0.2) is 4.79 Å². The average Bonchev–Trinajstić information content (AvgIpc) is 3.18. The van der Waals surface area contributed by atoms with Crippen molar-refractivity contribution in [3.63, 3.8) is 0 Å². The first-order valence-electron chi connectivity index (χ1n) is 8.64. The van der Waals surface area contributed by atoms with Crippen molar-refractivity contribution >= 4 is 35.1 Å². The molecule has 0 aromatic heterocycles. The number of carbonyl (C=O) groups is 3. The van der Waals surface area contributed by atoms with Gasteiger partial charge < -0.3 is 10.1 Å². The van der Waals surface area contributed by atoms with E-state index >= 15 is 0 Å². The molecule has 0 bridgehead atoms. The SMILES string of the molecule is Cc1ccc(NC(=O)[C@@H]2CCC(=O)N2C2OC(=O)c3ccccc32)c(Cl)c1. The number of carbonyl (C=O) groups excluding carboxylic acids is 3. The minimum atomic E-state index is -0.882. The number of ether oxygens (including phenoxy) is 1. The summed E-state index contributed by atoms with van der Waals surface area (Å²) in [7, 11) is 0. The molecule has 2 aromatic rings. The largest absolute Gasteiger partial charge is 0.433 e. The lowest BCUT2D eigenvalue weighted by atomic mass is 10.1. The lowest BCUT2D eigenvalue weighted by molar-refractivity contribution is -0.144. The molecule has 2 amide bonds. The van der Waals surface area contributed by atoms with Crippen LogP contribution in [0, 0.1) is 6.92 Å². The highest BCUT2D eigenvalue weighted by Gasteiger charge is 2.46. The van der Waals surface area contributed by atoms with Gasteiger partial charge in [0, 0.05) is 12.0 Å². The van der Waals surface area contributed by atoms with Crippen LogP contribution in [0.25, 0.3) is 0 Å². The van der Waals surface area contributed by atoms with Gasteiger partial charge in [0.05, 0.1) is 16.3 Å². The minimum absolute atomic E-state index is 0.218. The Hall–Kier alpha value is -2.86. The highest BCUT2D eigenvalue weighted by molar-refractivity contribution is 6.33. The molecule has 6 nitrogen and oxygen atoms in total. The van der Waals surface area contributed by atoms with E-state index in [4.69, 9.17) is 16.3 Å². The molecule has 1 fully saturated rings. The first kappa shape index (κ1) is 17.5. The molecule has 2 aliphatic rings. The lowest BCUT2D eigenvalue weighted by Gasteiger charge is -2.29. The zero-order valence-electron chi connectivity index (χ0n) is 14.6. The molecule has 2 heterocycles. The van der Waals surface area contributed by atoms with E-state index in [1.54, 1.807) is 36.4 Å². The third-order valence-corrected chi connectivity index (χ3v) is 5.17. The number of anilines is 1. The topological polar surface area (TPSA) is 75.7 Å². The Morgan fingerprint density at radius 3 is 2.78 bits per heavy atom. The molecule has 1 N–H and O–H groups in total. The summed E-state index contributed by atoms with van der Waals surface area (Å²) in [4.78, 5) is 38.8. The molecule has 138 valence electrons. The molecule has 0 spiro atoms. The predicted molar refractivity (Wildman–Crippen MR) is 99.3 cm³/mol. The average molecular weight is 385 g/mol. The van der Waals surface area contributed by atoms with Crippen LogP contribution >= 0.6 is 11.6 Å². The number of likely N-dealkylation sites (tertiary alicyclic amines) is 1. The molecular formula is C20H17ClN2O4. The van der Waals surface area contributed by atoms with Crippen LogP contribution in [-0.2, 0) is 14.3 Å². The summed E-state index contributed by atoms with van der Waals surface area (Å²) in [5.41, 5.74) is 2.48. The van der Waals surface area contributed by atoms with Crippen LogP contribution in [0.3, 0.4) is 0 Å². The number of nitrogens with zero attached hydrogens (tertiary/aromatic N) is 1. The van der Waals surface area contributed by atoms with E-state index in [0.29, 0.717) is 28.3 Å². The zero-order valence-corrected chi connectivity index (χ0v) is 15.3. The predicted octanol–water partition coefficient (Wildman–Crippen LogP) is 3.45. The Kier molecular flexibility index (Phi) is 4.36. The van der Waals surface area contributed by atoms with Crippen LogP contribution in [0.2, 0.25) is 5.02 Å². The molecule has 1 unspecified atom stereocenters. The van der Waals surface area contributed by atoms with Gasteiger partial charge >= 0.3 is 5.97 Å². The van der Waals surface area contributed by atoms with Crippen molar-refractivity contribution in [3.05, 3.63) is 64.2 Å². The highest BCUT2D eigenvalue weighted by atomic mass is 35.5. The summed E-state index contributed by atoms with van der Waals surface area (Å²) in [6, 6.07) is 11.5. The van der Waals surface area contributed by atoms with Gasteiger partial charge in [0.1, 0.15) is 6.04 Å². The molecular weight excluding hydrogens is 368 g/mol. The van der Waals surface area contributed by atoms with Gasteiger partial charge in [-0.2, -0.15) is 0 Å². The number of rotatable bonds is 3. The number of hydrogen-bond acceptors (Lipinski definition) is 4. The van der Waals surface area contributed by atoms with Gasteiger partial charge in [-0.1, -0.05) is 35.9 Å². The van der Waals surface area contributed by atoms with Crippen molar-refractivity contribution in [3.8, 4) is 0 Å². The van der Waals surface area contributed by atoms with E-state index in [-0.39, 0.29) is 18.2 Å². The van der Waals surface area contributed by atoms with Gasteiger partial charge in [0.25, 0.3) is 0 Å². The molecule has 0 saturated carbocycles. The van der Waals surface area contributed by atoms with Crippen LogP contribution in [0.4, 0.5) is 5.69 Å². The first-order chi connectivity index (χ1) is 13.0. The van der Waals surface area contributed by atoms with Crippen LogP contribution in [0.5, 0.6) is 0 Å². The summed E-state index contributed by atoms with van der Waals surface area (Å²) >= 11 is 6.19. The van der Waals surface area contributed by atoms with Gasteiger partial charge in [-0.3, -0.25) is 14.5 Å². The second kappa shape index (κ2) is 6.70. The molecule has 0 aliphatic carbocycles. The van der Waals surface area contributed by atoms with Crippen molar-refractivity contribution < 1.29 is 19.1 Å². The smallest absolute Gasteiger partial charge is 0.340 e. The quantitative estimate of drug-likeness (QED) is 0.822. The lowest BCUT2D eigenvalue weighted by Crippen LogP contribution is -2.43. The zero-order chi connectivity index (χ0) is 19.1. The van der Waals surface area contributed by atoms with Crippen molar-refractivity contribution in [2.45, 2.75) is 32.0 Å². The minimum Gasteiger partial charge on any atom is -0.433 e. The van der Waals surface area contributed by atoms with Crippen LogP contribution in [0.1, 0.15) is 40.6 Å². The van der Waals surface area contributed by atoms with E-state index in [9.17, 15) is 14.4 Å². The molecule has 4 rings (SSSR count). The normalized spacial score (nSPS) is 21.2. The first-order valence-corrected chi connectivity index (χ1v) is 9.01. The van der Waals surface area contributed by atoms with Crippen LogP contribution in [-0.4, -0.2) is 28.7 Å². The molecule has 0 radical (unpaired) electrons. The fourth-order valence-corrected chi connectivity index (χ4v) is 3.81. The van der Waals surface area contributed by atoms with E-state index < -0.39 is 18.2 Å². The Morgan fingerprint density at radius 2 is 2.00 bits per heavy atom. The summed E-state index contributed by atoms with van der Waals surface area (Å²) in [6.45, 7) is 1.90. The van der Waals surface area contributed by atoms with Crippen molar-refractivity contribution in [1.82, 2.24) is 4.90 Å². The number of esters is 1. The number of nitrogens with one attached hydrogen (secondary N) is 1. The number of halogens is 1. The van der Waals surface area contributed by atoms with Gasteiger partial charge in [-0.05, 0) is 37.1 Å². The molecule has 1 saturated heterocycles. The molecule has 27 heavy (non-hydrogen) atoms. The molecule has 7 heteroatoms. The number of aryl methyl sites for hydroxylation is 1. The van der Waals surface area contributed by atoms with Gasteiger partial charge in [0.2, 0.25) is 18.0 Å². The summed E-state index contributed by atoms with van der Waals surface area (Å²) in [5, 5.41) is 3.21. The summed E-state index contributed by atoms with van der Waals surface area (Å²) in [6.07, 6.45) is -0.312. The van der Waals surface area contributed by atoms with E-state index in [0.717, 1.165) is 5.56 Å². The highest BCUT2D eigenvalue weighted by Crippen LogP contribution is 2.38. The maximum absolute atomic E-state index is 12.9. The fraction of sp³-hybridized carbons (Fsp3) is 0.250. The van der Waals surface area contributed by atoms with Gasteiger partial charge in [-0.15, -0.1) is 0 Å². The van der Waals surface area contributed by atoms with E-state index in [1.165, 1.54) is 4.90 Å².